The van der Waals surface area contributed by atoms with Gasteiger partial charge in [0.2, 0.25) is 0 Å². The monoisotopic (exact) mass is 213 g/mol. The van der Waals surface area contributed by atoms with Crippen LogP contribution in [0.3, 0.4) is 0 Å². The number of carboxylic acid groups (broad SMARTS) is 1. The topological polar surface area (TPSA) is 40.5 Å². The van der Waals surface area contributed by atoms with Gasteiger partial charge in [-0.15, -0.1) is 0 Å². The maximum absolute atomic E-state index is 10.7. The summed E-state index contributed by atoms with van der Waals surface area (Å²) >= 11 is 0. The van der Waals surface area contributed by atoms with Crippen molar-refractivity contribution in [2.45, 2.75) is 46.1 Å². The first kappa shape index (κ1) is 12.5. The Morgan fingerprint density at radius 3 is 2.47 bits per heavy atom. The largest absolute Gasteiger partial charge is 0.481 e. The zero-order valence-corrected chi connectivity index (χ0v) is 10.1. The van der Waals surface area contributed by atoms with Crippen molar-refractivity contribution in [2.75, 3.05) is 13.1 Å². The standard InChI is InChI=1S/C12H23NO2/c1-4-5-11(6-12(14)15)13-7-10(8-13)9(2)3/h9-11H,4-8H2,1-3H3,(H,14,15). The lowest BCUT2D eigenvalue weighted by atomic mass is 9.86. The number of aliphatic carboxylic acids is 1. The first-order valence-electron chi connectivity index (χ1n) is 6.00. The molecule has 1 rings (SSSR count). The summed E-state index contributed by atoms with van der Waals surface area (Å²) in [5.74, 6) is 0.841. The maximum Gasteiger partial charge on any atom is 0.304 e. The maximum atomic E-state index is 10.7. The van der Waals surface area contributed by atoms with E-state index in [4.69, 9.17) is 5.11 Å². The summed E-state index contributed by atoms with van der Waals surface area (Å²) < 4.78 is 0. The molecule has 3 nitrogen and oxygen atoms in total. The lowest BCUT2D eigenvalue weighted by Crippen LogP contribution is -2.54. The number of likely N-dealkylation sites (tertiary alicyclic amines) is 1. The molecule has 0 spiro atoms. The second kappa shape index (κ2) is 5.50. The van der Waals surface area contributed by atoms with E-state index in [0.717, 1.165) is 37.8 Å². The fraction of sp³-hybridized carbons (Fsp3) is 0.917. The average Bonchev–Trinajstić information content (AvgIpc) is 1.99. The molecule has 1 saturated heterocycles. The number of carboxylic acids is 1. The minimum atomic E-state index is -0.665. The number of hydrogen-bond acceptors (Lipinski definition) is 2. The van der Waals surface area contributed by atoms with Crippen LogP contribution in [0.2, 0.25) is 0 Å². The highest BCUT2D eigenvalue weighted by molar-refractivity contribution is 5.67. The number of rotatable bonds is 6. The molecule has 0 aromatic rings. The van der Waals surface area contributed by atoms with Gasteiger partial charge in [0.1, 0.15) is 0 Å². The van der Waals surface area contributed by atoms with E-state index >= 15 is 0 Å². The van der Waals surface area contributed by atoms with Crippen molar-refractivity contribution in [3.8, 4) is 0 Å². The molecule has 0 aromatic carbocycles. The smallest absolute Gasteiger partial charge is 0.304 e. The van der Waals surface area contributed by atoms with Crippen molar-refractivity contribution in [2.24, 2.45) is 11.8 Å². The molecule has 1 aliphatic rings. The minimum absolute atomic E-state index is 0.266. The molecule has 1 unspecified atom stereocenters. The highest BCUT2D eigenvalue weighted by Gasteiger charge is 2.34. The van der Waals surface area contributed by atoms with Crippen molar-refractivity contribution >= 4 is 5.97 Å². The first-order chi connectivity index (χ1) is 7.04. The summed E-state index contributed by atoms with van der Waals surface area (Å²) in [5.41, 5.74) is 0. The highest BCUT2D eigenvalue weighted by Crippen LogP contribution is 2.27. The van der Waals surface area contributed by atoms with Gasteiger partial charge in [0, 0.05) is 19.1 Å². The van der Waals surface area contributed by atoms with E-state index in [1.807, 2.05) is 0 Å². The second-order valence-corrected chi connectivity index (χ2v) is 5.00. The summed E-state index contributed by atoms with van der Waals surface area (Å²) in [5, 5.41) is 8.83. The van der Waals surface area contributed by atoms with Crippen LogP contribution in [0.15, 0.2) is 0 Å². The van der Waals surface area contributed by atoms with Gasteiger partial charge in [-0.1, -0.05) is 27.2 Å². The van der Waals surface area contributed by atoms with Crippen LogP contribution in [0.5, 0.6) is 0 Å². The molecule has 1 heterocycles. The Balaban J connectivity index is 2.36. The van der Waals surface area contributed by atoms with Gasteiger partial charge in [-0.3, -0.25) is 9.69 Å². The zero-order valence-electron chi connectivity index (χ0n) is 10.1. The molecule has 0 amide bonds. The van der Waals surface area contributed by atoms with Crippen LogP contribution in [0, 0.1) is 11.8 Å². The fourth-order valence-electron chi connectivity index (χ4n) is 2.22. The zero-order chi connectivity index (χ0) is 11.4. The Labute approximate surface area is 92.5 Å². The molecule has 3 heteroatoms. The Kier molecular flexibility index (Phi) is 4.58. The molecule has 1 N–H and O–H groups in total. The minimum Gasteiger partial charge on any atom is -0.481 e. The highest BCUT2D eigenvalue weighted by atomic mass is 16.4. The predicted octanol–water partition coefficient (Wildman–Crippen LogP) is 2.22. The van der Waals surface area contributed by atoms with Crippen molar-refractivity contribution < 1.29 is 9.90 Å². The Morgan fingerprint density at radius 2 is 2.07 bits per heavy atom. The van der Waals surface area contributed by atoms with Crippen molar-refractivity contribution in [3.63, 3.8) is 0 Å². The van der Waals surface area contributed by atoms with E-state index in [9.17, 15) is 4.79 Å². The summed E-state index contributed by atoms with van der Waals surface area (Å²) in [6, 6.07) is 0.266. The van der Waals surface area contributed by atoms with Crippen LogP contribution in [0.25, 0.3) is 0 Å². The van der Waals surface area contributed by atoms with Crippen LogP contribution in [0.1, 0.15) is 40.0 Å². The van der Waals surface area contributed by atoms with Gasteiger partial charge in [-0.25, -0.2) is 0 Å². The molecule has 1 fully saturated rings. The fourth-order valence-corrected chi connectivity index (χ4v) is 2.22. The number of carbonyl (C=O) groups is 1. The predicted molar refractivity (Wildman–Crippen MR) is 60.8 cm³/mol. The van der Waals surface area contributed by atoms with Gasteiger partial charge in [-0.05, 0) is 18.3 Å². The molecule has 88 valence electrons. The van der Waals surface area contributed by atoms with Gasteiger partial charge in [0.05, 0.1) is 6.42 Å². The molecule has 0 bridgehead atoms. The van der Waals surface area contributed by atoms with Crippen LogP contribution in [-0.2, 0) is 4.79 Å². The average molecular weight is 213 g/mol. The van der Waals surface area contributed by atoms with Gasteiger partial charge in [-0.2, -0.15) is 0 Å². The van der Waals surface area contributed by atoms with Crippen molar-refractivity contribution in [1.82, 2.24) is 4.90 Å². The Morgan fingerprint density at radius 1 is 1.47 bits per heavy atom. The third-order valence-corrected chi connectivity index (χ3v) is 3.43. The Bertz CT molecular complexity index is 210. The molecular weight excluding hydrogens is 190 g/mol. The van der Waals surface area contributed by atoms with Gasteiger partial charge in [0.15, 0.2) is 0 Å². The summed E-state index contributed by atoms with van der Waals surface area (Å²) in [6.45, 7) is 8.79. The molecular formula is C12H23NO2. The lowest BCUT2D eigenvalue weighted by Gasteiger charge is -2.46. The van der Waals surface area contributed by atoms with E-state index in [1.165, 1.54) is 0 Å². The summed E-state index contributed by atoms with van der Waals surface area (Å²) in [7, 11) is 0. The molecule has 0 aliphatic carbocycles. The Hall–Kier alpha value is -0.570. The quantitative estimate of drug-likeness (QED) is 0.735. The third kappa shape index (κ3) is 3.49. The van der Waals surface area contributed by atoms with E-state index in [1.54, 1.807) is 0 Å². The van der Waals surface area contributed by atoms with Gasteiger partial charge in [0.25, 0.3) is 0 Å². The number of hydrogen-bond donors (Lipinski definition) is 1. The summed E-state index contributed by atoms with van der Waals surface area (Å²) in [4.78, 5) is 13.1. The van der Waals surface area contributed by atoms with Crippen LogP contribution in [0.4, 0.5) is 0 Å². The van der Waals surface area contributed by atoms with Crippen molar-refractivity contribution in [3.05, 3.63) is 0 Å². The second-order valence-electron chi connectivity index (χ2n) is 5.00. The molecule has 0 saturated carbocycles. The van der Waals surface area contributed by atoms with E-state index in [0.29, 0.717) is 6.42 Å². The normalized spacial score (nSPS) is 20.3. The summed E-state index contributed by atoms with van der Waals surface area (Å²) in [6.07, 6.45) is 2.39. The van der Waals surface area contributed by atoms with E-state index < -0.39 is 5.97 Å². The number of nitrogens with zero attached hydrogens (tertiary/aromatic N) is 1. The van der Waals surface area contributed by atoms with Crippen LogP contribution < -0.4 is 0 Å². The van der Waals surface area contributed by atoms with Gasteiger partial charge < -0.3 is 5.11 Å². The molecule has 1 aliphatic heterocycles. The SMILES string of the molecule is CCCC(CC(=O)O)N1CC(C(C)C)C1. The van der Waals surface area contributed by atoms with Crippen molar-refractivity contribution in [1.29, 1.82) is 0 Å². The van der Waals surface area contributed by atoms with E-state index in [-0.39, 0.29) is 6.04 Å². The van der Waals surface area contributed by atoms with Crippen LogP contribution >= 0.6 is 0 Å². The third-order valence-electron chi connectivity index (χ3n) is 3.43. The molecule has 0 radical (unpaired) electrons. The molecule has 0 aromatic heterocycles. The lowest BCUT2D eigenvalue weighted by molar-refractivity contribution is -0.139. The molecule has 1 atom stereocenters. The first-order valence-corrected chi connectivity index (χ1v) is 6.00. The van der Waals surface area contributed by atoms with E-state index in [2.05, 4.69) is 25.7 Å². The van der Waals surface area contributed by atoms with Gasteiger partial charge >= 0.3 is 5.97 Å². The molecule has 15 heavy (non-hydrogen) atoms. The van der Waals surface area contributed by atoms with Crippen LogP contribution in [-0.4, -0.2) is 35.1 Å².